The number of nitrogens with zero attached hydrogens (tertiary/aromatic N) is 2. The van der Waals surface area contributed by atoms with Crippen LogP contribution in [0.3, 0.4) is 0 Å². The van der Waals surface area contributed by atoms with Crippen LogP contribution in [0.15, 0.2) is 26.6 Å². The molecule has 4 nitrogen and oxygen atoms in total. The Labute approximate surface area is 142 Å². The van der Waals surface area contributed by atoms with Crippen LogP contribution >= 0.6 is 15.9 Å². The molecule has 0 bridgehead atoms. The van der Waals surface area contributed by atoms with Crippen molar-refractivity contribution in [2.24, 2.45) is 15.9 Å². The lowest BCUT2D eigenvalue weighted by atomic mass is 10.00. The summed E-state index contributed by atoms with van der Waals surface area (Å²) in [5, 5.41) is 0. The first-order chi connectivity index (χ1) is 10.9. The van der Waals surface area contributed by atoms with Crippen LogP contribution in [0, 0.1) is 17.6 Å². The molecule has 1 aliphatic rings. The summed E-state index contributed by atoms with van der Waals surface area (Å²) in [6.45, 7) is 3.98. The molecule has 0 N–H and O–H groups in total. The molecule has 1 aromatic carbocycles. The van der Waals surface area contributed by atoms with Gasteiger partial charge in [0.1, 0.15) is 23.7 Å². The van der Waals surface area contributed by atoms with Gasteiger partial charge >= 0.3 is 0 Å². The van der Waals surface area contributed by atoms with E-state index < -0.39 is 17.7 Å². The molecule has 0 saturated carbocycles. The number of methoxy groups -OCH3 is 2. The SMILES string of the molecule is COC1=N[C@H](Cc2c(F)cc(Br)cc2F)C(OC)=N[C@H]1C(C)C. The van der Waals surface area contributed by atoms with Crippen molar-refractivity contribution in [1.82, 2.24) is 0 Å². The van der Waals surface area contributed by atoms with Gasteiger partial charge in [0.25, 0.3) is 0 Å². The summed E-state index contributed by atoms with van der Waals surface area (Å²) in [7, 11) is 2.99. The fourth-order valence-corrected chi connectivity index (χ4v) is 2.86. The third-order valence-corrected chi connectivity index (χ3v) is 4.10. The Hall–Kier alpha value is -1.50. The summed E-state index contributed by atoms with van der Waals surface area (Å²) in [4.78, 5) is 8.94. The third kappa shape index (κ3) is 3.88. The monoisotopic (exact) mass is 388 g/mol. The van der Waals surface area contributed by atoms with Crippen molar-refractivity contribution in [2.75, 3.05) is 14.2 Å². The molecule has 1 heterocycles. The molecule has 23 heavy (non-hydrogen) atoms. The Balaban J connectivity index is 2.35. The highest BCUT2D eigenvalue weighted by molar-refractivity contribution is 9.10. The summed E-state index contributed by atoms with van der Waals surface area (Å²) in [5.74, 6) is -0.296. The Morgan fingerprint density at radius 3 is 2.13 bits per heavy atom. The van der Waals surface area contributed by atoms with Crippen LogP contribution in [-0.4, -0.2) is 38.1 Å². The van der Waals surface area contributed by atoms with Gasteiger partial charge < -0.3 is 9.47 Å². The molecule has 1 aliphatic heterocycles. The lowest BCUT2D eigenvalue weighted by Gasteiger charge is -2.27. The number of hydrogen-bond donors (Lipinski definition) is 0. The van der Waals surface area contributed by atoms with Crippen molar-refractivity contribution in [2.45, 2.75) is 32.4 Å². The maximum atomic E-state index is 14.1. The Morgan fingerprint density at radius 1 is 1.09 bits per heavy atom. The number of benzene rings is 1. The van der Waals surface area contributed by atoms with Crippen molar-refractivity contribution in [3.8, 4) is 0 Å². The van der Waals surface area contributed by atoms with E-state index in [0.29, 0.717) is 16.3 Å². The van der Waals surface area contributed by atoms with Crippen LogP contribution in [0.25, 0.3) is 0 Å². The zero-order chi connectivity index (χ0) is 17.1. The quantitative estimate of drug-likeness (QED) is 0.790. The number of ether oxygens (including phenoxy) is 2. The molecule has 2 atom stereocenters. The van der Waals surface area contributed by atoms with Crippen LogP contribution < -0.4 is 0 Å². The van der Waals surface area contributed by atoms with Gasteiger partial charge in [-0.3, -0.25) is 0 Å². The van der Waals surface area contributed by atoms with Gasteiger partial charge in [-0.05, 0) is 18.1 Å². The van der Waals surface area contributed by atoms with Crippen molar-refractivity contribution in [3.05, 3.63) is 33.8 Å². The smallest absolute Gasteiger partial charge is 0.209 e. The first kappa shape index (κ1) is 17.8. The summed E-state index contributed by atoms with van der Waals surface area (Å²) in [6, 6.07) is 1.58. The van der Waals surface area contributed by atoms with E-state index in [-0.39, 0.29) is 23.9 Å². The van der Waals surface area contributed by atoms with E-state index in [1.165, 1.54) is 26.4 Å². The summed E-state index contributed by atoms with van der Waals surface area (Å²) in [6.07, 6.45) is 0.00922. The van der Waals surface area contributed by atoms with E-state index in [1.807, 2.05) is 13.8 Å². The molecule has 0 aliphatic carbocycles. The Bertz CT molecular complexity index is 624. The van der Waals surface area contributed by atoms with Crippen molar-refractivity contribution >= 4 is 27.7 Å². The first-order valence-electron chi connectivity index (χ1n) is 7.24. The van der Waals surface area contributed by atoms with Gasteiger partial charge in [0.15, 0.2) is 0 Å². The molecule has 0 aromatic heterocycles. The first-order valence-corrected chi connectivity index (χ1v) is 8.03. The zero-order valence-corrected chi connectivity index (χ0v) is 15.0. The highest BCUT2D eigenvalue weighted by Gasteiger charge is 2.32. The Morgan fingerprint density at radius 2 is 1.65 bits per heavy atom. The van der Waals surface area contributed by atoms with Gasteiger partial charge in [0, 0.05) is 16.5 Å². The van der Waals surface area contributed by atoms with Crippen LogP contribution in [0.5, 0.6) is 0 Å². The molecule has 0 spiro atoms. The average Bonchev–Trinajstić information content (AvgIpc) is 2.49. The number of hydrogen-bond acceptors (Lipinski definition) is 4. The van der Waals surface area contributed by atoms with Crippen LogP contribution in [0.1, 0.15) is 19.4 Å². The minimum Gasteiger partial charge on any atom is -0.483 e. The minimum absolute atomic E-state index is 0.00922. The van der Waals surface area contributed by atoms with E-state index in [1.54, 1.807) is 0 Å². The van der Waals surface area contributed by atoms with E-state index in [9.17, 15) is 8.78 Å². The highest BCUT2D eigenvalue weighted by Crippen LogP contribution is 2.24. The lowest BCUT2D eigenvalue weighted by molar-refractivity contribution is 0.332. The second-order valence-electron chi connectivity index (χ2n) is 5.60. The van der Waals surface area contributed by atoms with Gasteiger partial charge in [-0.15, -0.1) is 0 Å². The average molecular weight is 389 g/mol. The Kier molecular flexibility index (Phi) is 5.73. The van der Waals surface area contributed by atoms with Gasteiger partial charge in [-0.2, -0.15) is 0 Å². The van der Waals surface area contributed by atoms with E-state index in [4.69, 9.17) is 9.47 Å². The topological polar surface area (TPSA) is 43.2 Å². The molecule has 0 unspecified atom stereocenters. The molecule has 1 aromatic rings. The molecule has 0 saturated heterocycles. The fourth-order valence-electron chi connectivity index (χ4n) is 2.45. The number of aliphatic imine (C=N–C) groups is 2. The van der Waals surface area contributed by atoms with Crippen LogP contribution in [0.2, 0.25) is 0 Å². The zero-order valence-electron chi connectivity index (χ0n) is 13.4. The molecular weight excluding hydrogens is 370 g/mol. The predicted octanol–water partition coefficient (Wildman–Crippen LogP) is 3.77. The van der Waals surface area contributed by atoms with Gasteiger partial charge in [0.2, 0.25) is 11.8 Å². The largest absolute Gasteiger partial charge is 0.483 e. The van der Waals surface area contributed by atoms with Gasteiger partial charge in [0.05, 0.1) is 14.2 Å². The lowest BCUT2D eigenvalue weighted by Crippen LogP contribution is -2.38. The molecule has 0 radical (unpaired) electrons. The number of halogens is 3. The second-order valence-corrected chi connectivity index (χ2v) is 6.52. The second kappa shape index (κ2) is 7.38. The molecule has 2 rings (SSSR count). The fraction of sp³-hybridized carbons (Fsp3) is 0.500. The maximum Gasteiger partial charge on any atom is 0.209 e. The summed E-state index contributed by atoms with van der Waals surface area (Å²) >= 11 is 3.07. The van der Waals surface area contributed by atoms with Crippen LogP contribution in [0.4, 0.5) is 8.78 Å². The van der Waals surface area contributed by atoms with E-state index in [2.05, 4.69) is 25.9 Å². The predicted molar refractivity (Wildman–Crippen MR) is 89.1 cm³/mol. The van der Waals surface area contributed by atoms with Crippen molar-refractivity contribution in [3.63, 3.8) is 0 Å². The maximum absolute atomic E-state index is 14.1. The molecule has 0 amide bonds. The minimum atomic E-state index is -0.632. The summed E-state index contributed by atoms with van der Waals surface area (Å²) < 4.78 is 39.0. The number of rotatable bonds is 3. The van der Waals surface area contributed by atoms with Crippen molar-refractivity contribution in [1.29, 1.82) is 0 Å². The molecule has 0 fully saturated rings. The van der Waals surface area contributed by atoms with Crippen molar-refractivity contribution < 1.29 is 18.3 Å². The normalized spacial score (nSPS) is 21.0. The van der Waals surface area contributed by atoms with Gasteiger partial charge in [-0.25, -0.2) is 18.8 Å². The summed E-state index contributed by atoms with van der Waals surface area (Å²) in [5.41, 5.74) is -0.0508. The van der Waals surface area contributed by atoms with Crippen LogP contribution in [-0.2, 0) is 15.9 Å². The van der Waals surface area contributed by atoms with E-state index in [0.717, 1.165) is 0 Å². The molecule has 126 valence electrons. The van der Waals surface area contributed by atoms with Gasteiger partial charge in [-0.1, -0.05) is 29.8 Å². The molecular formula is C16H19BrF2N2O2. The highest BCUT2D eigenvalue weighted by atomic mass is 79.9. The third-order valence-electron chi connectivity index (χ3n) is 3.64. The standard InChI is InChI=1S/C16H19BrF2N2O2/c1-8(2)14-16(23-4)20-13(15(21-14)22-3)7-10-11(18)5-9(17)6-12(10)19/h5-6,8,13-14H,7H2,1-4H3/t13-,14+/m1/s1. The van der Waals surface area contributed by atoms with E-state index >= 15 is 0 Å². The molecule has 7 heteroatoms.